The summed E-state index contributed by atoms with van der Waals surface area (Å²) in [6, 6.07) is 7.41. The molecule has 102 valence electrons. The van der Waals surface area contributed by atoms with Gasteiger partial charge in [0.25, 0.3) is 5.91 Å². The van der Waals surface area contributed by atoms with Crippen LogP contribution in [0.5, 0.6) is 0 Å². The molecule has 0 unspecified atom stereocenters. The number of aromatic carboxylic acids is 1. The predicted molar refractivity (Wildman–Crippen MR) is 78.3 cm³/mol. The highest BCUT2D eigenvalue weighted by atomic mass is 79.9. The summed E-state index contributed by atoms with van der Waals surface area (Å²) in [7, 11) is 0. The van der Waals surface area contributed by atoms with Gasteiger partial charge in [-0.2, -0.15) is 0 Å². The lowest BCUT2D eigenvalue weighted by Gasteiger charge is -2.10. The molecule has 0 bridgehead atoms. The maximum absolute atomic E-state index is 12.1. The van der Waals surface area contributed by atoms with Crippen LogP contribution in [-0.2, 0) is 0 Å². The largest absolute Gasteiger partial charge is 0.478 e. The minimum Gasteiger partial charge on any atom is -0.478 e. The van der Waals surface area contributed by atoms with Gasteiger partial charge in [0.1, 0.15) is 4.60 Å². The minimum absolute atomic E-state index is 0.0691. The zero-order valence-electron chi connectivity index (χ0n) is 9.93. The van der Waals surface area contributed by atoms with Gasteiger partial charge in [0, 0.05) is 11.8 Å². The molecule has 0 aliphatic heterocycles. The fourth-order valence-corrected chi connectivity index (χ4v) is 2.15. The highest BCUT2D eigenvalue weighted by Crippen LogP contribution is 2.26. The van der Waals surface area contributed by atoms with Gasteiger partial charge in [0.2, 0.25) is 0 Å². The van der Waals surface area contributed by atoms with Crippen LogP contribution < -0.4 is 5.32 Å². The van der Waals surface area contributed by atoms with Crippen LogP contribution in [-0.4, -0.2) is 22.0 Å². The lowest BCUT2D eigenvalue weighted by Crippen LogP contribution is -2.15. The third kappa shape index (κ3) is 3.15. The Morgan fingerprint density at radius 3 is 2.70 bits per heavy atom. The number of carboxylic acid groups (broad SMARTS) is 1. The average Bonchev–Trinajstić information content (AvgIpc) is 2.40. The number of benzene rings is 1. The summed E-state index contributed by atoms with van der Waals surface area (Å²) in [5.74, 6) is -1.64. The Labute approximate surface area is 127 Å². The van der Waals surface area contributed by atoms with E-state index in [1.807, 2.05) is 0 Å². The van der Waals surface area contributed by atoms with E-state index in [4.69, 9.17) is 16.7 Å². The Balaban J connectivity index is 2.35. The van der Waals surface area contributed by atoms with Gasteiger partial charge >= 0.3 is 5.97 Å². The number of nitrogens with one attached hydrogen (secondary N) is 1. The predicted octanol–water partition coefficient (Wildman–Crippen LogP) is 3.45. The zero-order valence-corrected chi connectivity index (χ0v) is 12.3. The molecule has 5 nitrogen and oxygen atoms in total. The molecule has 0 radical (unpaired) electrons. The first-order valence-corrected chi connectivity index (χ1v) is 6.61. The molecule has 0 saturated heterocycles. The van der Waals surface area contributed by atoms with Crippen LogP contribution in [0.3, 0.4) is 0 Å². The van der Waals surface area contributed by atoms with E-state index in [0.29, 0.717) is 10.2 Å². The van der Waals surface area contributed by atoms with Crippen molar-refractivity contribution in [3.63, 3.8) is 0 Å². The van der Waals surface area contributed by atoms with Gasteiger partial charge in [0.05, 0.1) is 16.3 Å². The summed E-state index contributed by atoms with van der Waals surface area (Å²) in [6.45, 7) is 0. The van der Waals surface area contributed by atoms with Crippen molar-refractivity contribution in [3.05, 3.63) is 57.3 Å². The van der Waals surface area contributed by atoms with Gasteiger partial charge in [-0.05, 0) is 40.2 Å². The van der Waals surface area contributed by atoms with E-state index in [-0.39, 0.29) is 16.3 Å². The lowest BCUT2D eigenvalue weighted by molar-refractivity contribution is 0.0698. The molecule has 2 rings (SSSR count). The van der Waals surface area contributed by atoms with Crippen molar-refractivity contribution >= 4 is 45.1 Å². The number of halogens is 2. The van der Waals surface area contributed by atoms with Gasteiger partial charge < -0.3 is 10.4 Å². The van der Waals surface area contributed by atoms with Gasteiger partial charge in [-0.3, -0.25) is 4.79 Å². The second-order valence-electron chi connectivity index (χ2n) is 3.79. The Bertz CT molecular complexity index is 691. The third-order valence-electron chi connectivity index (χ3n) is 2.47. The lowest BCUT2D eigenvalue weighted by atomic mass is 10.1. The molecule has 0 aliphatic carbocycles. The standard InChI is InChI=1S/C13H8BrClN2O3/c14-10-6-7(4-5-16-10)12(18)17-11-8(13(19)20)2-1-3-9(11)15/h1-6H,(H,17,18)(H,19,20). The number of aromatic nitrogens is 1. The van der Waals surface area contributed by atoms with Crippen LogP contribution in [0.25, 0.3) is 0 Å². The number of nitrogens with zero attached hydrogens (tertiary/aromatic N) is 1. The monoisotopic (exact) mass is 354 g/mol. The van der Waals surface area contributed by atoms with Gasteiger partial charge in [-0.15, -0.1) is 0 Å². The van der Waals surface area contributed by atoms with Crippen LogP contribution >= 0.6 is 27.5 Å². The van der Waals surface area contributed by atoms with E-state index in [0.717, 1.165) is 0 Å². The van der Waals surface area contributed by atoms with E-state index >= 15 is 0 Å². The maximum atomic E-state index is 12.1. The first-order chi connectivity index (χ1) is 9.49. The van der Waals surface area contributed by atoms with E-state index in [1.54, 1.807) is 0 Å². The quantitative estimate of drug-likeness (QED) is 0.827. The molecule has 0 fully saturated rings. The molecule has 1 amide bonds. The highest BCUT2D eigenvalue weighted by molar-refractivity contribution is 9.10. The number of hydrogen-bond donors (Lipinski definition) is 2. The molecule has 1 heterocycles. The average molecular weight is 356 g/mol. The van der Waals surface area contributed by atoms with Gasteiger partial charge in [0.15, 0.2) is 0 Å². The van der Waals surface area contributed by atoms with Crippen molar-refractivity contribution in [1.29, 1.82) is 0 Å². The smallest absolute Gasteiger partial charge is 0.337 e. The second kappa shape index (κ2) is 6.02. The molecule has 0 atom stereocenters. The molecule has 7 heteroatoms. The fourth-order valence-electron chi connectivity index (χ4n) is 1.56. The number of rotatable bonds is 3. The number of pyridine rings is 1. The van der Waals surface area contributed by atoms with E-state index in [1.165, 1.54) is 36.5 Å². The van der Waals surface area contributed by atoms with Gasteiger partial charge in [-0.1, -0.05) is 17.7 Å². The molecule has 0 saturated carbocycles. The van der Waals surface area contributed by atoms with E-state index in [9.17, 15) is 9.59 Å². The zero-order chi connectivity index (χ0) is 14.7. The number of amides is 1. The summed E-state index contributed by atoms with van der Waals surface area (Å²) < 4.78 is 0.503. The molecule has 0 aliphatic rings. The summed E-state index contributed by atoms with van der Waals surface area (Å²) in [5.41, 5.74) is 0.335. The Morgan fingerprint density at radius 1 is 1.30 bits per heavy atom. The normalized spacial score (nSPS) is 10.1. The number of para-hydroxylation sites is 1. The van der Waals surface area contributed by atoms with Crippen molar-refractivity contribution < 1.29 is 14.7 Å². The number of carboxylic acids is 1. The van der Waals surface area contributed by atoms with E-state index in [2.05, 4.69) is 26.2 Å². The second-order valence-corrected chi connectivity index (χ2v) is 5.01. The van der Waals surface area contributed by atoms with Crippen molar-refractivity contribution in [2.45, 2.75) is 0 Å². The number of carbonyl (C=O) groups excluding carboxylic acids is 1. The summed E-state index contributed by atoms with van der Waals surface area (Å²) in [5, 5.41) is 11.8. The Hall–Kier alpha value is -1.92. The van der Waals surface area contributed by atoms with Crippen LogP contribution in [0.1, 0.15) is 20.7 Å². The topological polar surface area (TPSA) is 79.3 Å². The van der Waals surface area contributed by atoms with Crippen molar-refractivity contribution in [3.8, 4) is 0 Å². The molecule has 0 spiro atoms. The molecule has 2 N–H and O–H groups in total. The molecule has 1 aromatic heterocycles. The third-order valence-corrected chi connectivity index (χ3v) is 3.22. The molecule has 20 heavy (non-hydrogen) atoms. The van der Waals surface area contributed by atoms with E-state index < -0.39 is 11.9 Å². The number of anilines is 1. The van der Waals surface area contributed by atoms with Crippen LogP contribution in [0.15, 0.2) is 41.1 Å². The molecular weight excluding hydrogens is 348 g/mol. The summed E-state index contributed by atoms with van der Waals surface area (Å²) in [6.07, 6.45) is 1.46. The Morgan fingerprint density at radius 2 is 2.05 bits per heavy atom. The first kappa shape index (κ1) is 14.5. The van der Waals surface area contributed by atoms with Crippen molar-refractivity contribution in [2.24, 2.45) is 0 Å². The summed E-state index contributed by atoms with van der Waals surface area (Å²) in [4.78, 5) is 27.1. The maximum Gasteiger partial charge on any atom is 0.337 e. The number of hydrogen-bond acceptors (Lipinski definition) is 3. The van der Waals surface area contributed by atoms with Crippen molar-refractivity contribution in [2.75, 3.05) is 5.32 Å². The molecule has 1 aromatic carbocycles. The minimum atomic E-state index is -1.17. The number of carbonyl (C=O) groups is 2. The molecular formula is C13H8BrClN2O3. The highest BCUT2D eigenvalue weighted by Gasteiger charge is 2.16. The SMILES string of the molecule is O=C(Nc1c(Cl)cccc1C(=O)O)c1ccnc(Br)c1. The Kier molecular flexibility index (Phi) is 4.36. The fraction of sp³-hybridized carbons (Fsp3) is 0. The van der Waals surface area contributed by atoms with Crippen molar-refractivity contribution in [1.82, 2.24) is 4.98 Å². The van der Waals surface area contributed by atoms with Gasteiger partial charge in [-0.25, -0.2) is 9.78 Å². The molecule has 2 aromatic rings. The first-order valence-electron chi connectivity index (χ1n) is 5.44. The van der Waals surface area contributed by atoms with Crippen LogP contribution in [0.2, 0.25) is 5.02 Å². The summed E-state index contributed by atoms with van der Waals surface area (Å²) >= 11 is 9.09. The van der Waals surface area contributed by atoms with Crippen LogP contribution in [0, 0.1) is 0 Å². The van der Waals surface area contributed by atoms with Crippen LogP contribution in [0.4, 0.5) is 5.69 Å².